The lowest BCUT2D eigenvalue weighted by atomic mass is 10.1. The minimum absolute atomic E-state index is 0.0259. The summed E-state index contributed by atoms with van der Waals surface area (Å²) in [6, 6.07) is 11.9. The Hall–Kier alpha value is -3.38. The number of hydrogen-bond donors (Lipinski definition) is 2. The Balaban J connectivity index is 1.42. The van der Waals surface area contributed by atoms with E-state index in [0.29, 0.717) is 16.9 Å². The Bertz CT molecular complexity index is 1210. The zero-order valence-corrected chi connectivity index (χ0v) is 18.8. The smallest absolute Gasteiger partial charge is 0.308 e. The molecule has 2 aromatic rings. The molecule has 0 spiro atoms. The van der Waals surface area contributed by atoms with Crippen LogP contribution in [0.1, 0.15) is 12.0 Å². The van der Waals surface area contributed by atoms with Gasteiger partial charge < -0.3 is 10.0 Å². The standard InChI is InChI=1S/C21H19N3O7S2/c25-18-9-14(20(27)28)11-23(18)16-5-7-17(8-6-16)33(30,31)22-15-3-1-13(2-4-15)10-24-19(26)12-32-21(24)29/h1-8,14,22H,9-12H2,(H,27,28). The summed E-state index contributed by atoms with van der Waals surface area (Å²) in [7, 11) is -3.91. The number of amides is 3. The average molecular weight is 490 g/mol. The predicted octanol–water partition coefficient (Wildman–Crippen LogP) is 2.12. The van der Waals surface area contributed by atoms with Crippen molar-refractivity contribution in [1.29, 1.82) is 0 Å². The maximum atomic E-state index is 12.7. The molecule has 2 heterocycles. The molecule has 33 heavy (non-hydrogen) atoms. The number of carboxylic acids is 1. The van der Waals surface area contributed by atoms with E-state index in [4.69, 9.17) is 5.11 Å². The van der Waals surface area contributed by atoms with E-state index in [-0.39, 0.29) is 47.2 Å². The van der Waals surface area contributed by atoms with Crippen LogP contribution >= 0.6 is 11.8 Å². The number of carboxylic acid groups (broad SMARTS) is 1. The molecule has 3 amide bonds. The van der Waals surface area contributed by atoms with Crippen LogP contribution in [0.25, 0.3) is 0 Å². The minimum atomic E-state index is -3.91. The molecule has 1 atom stereocenters. The number of aliphatic carboxylic acids is 1. The maximum absolute atomic E-state index is 12.7. The van der Waals surface area contributed by atoms with Crippen molar-refractivity contribution in [3.63, 3.8) is 0 Å². The Morgan fingerprint density at radius 1 is 1.03 bits per heavy atom. The van der Waals surface area contributed by atoms with Gasteiger partial charge in [-0.15, -0.1) is 0 Å². The number of nitrogens with one attached hydrogen (secondary N) is 1. The van der Waals surface area contributed by atoms with Gasteiger partial charge in [-0.1, -0.05) is 23.9 Å². The van der Waals surface area contributed by atoms with Gasteiger partial charge in [-0.05, 0) is 42.0 Å². The van der Waals surface area contributed by atoms with Crippen LogP contribution in [0.15, 0.2) is 53.4 Å². The largest absolute Gasteiger partial charge is 0.481 e. The van der Waals surface area contributed by atoms with Gasteiger partial charge in [0.05, 0.1) is 23.1 Å². The van der Waals surface area contributed by atoms with E-state index in [1.165, 1.54) is 41.3 Å². The average Bonchev–Trinajstić information content (AvgIpc) is 3.32. The zero-order chi connectivity index (χ0) is 23.8. The van der Waals surface area contributed by atoms with Gasteiger partial charge in [-0.2, -0.15) is 0 Å². The third kappa shape index (κ3) is 4.86. The molecule has 0 aliphatic carbocycles. The first kappa shape index (κ1) is 22.8. The fourth-order valence-electron chi connectivity index (χ4n) is 3.54. The first-order chi connectivity index (χ1) is 15.6. The van der Waals surface area contributed by atoms with Crippen molar-refractivity contribution < 1.29 is 32.7 Å². The summed E-state index contributed by atoms with van der Waals surface area (Å²) in [6.45, 7) is 0.162. The molecule has 0 bridgehead atoms. The number of sulfonamides is 1. The topological polar surface area (TPSA) is 141 Å². The lowest BCUT2D eigenvalue weighted by Crippen LogP contribution is -2.27. The monoisotopic (exact) mass is 489 g/mol. The summed E-state index contributed by atoms with van der Waals surface area (Å²) < 4.78 is 27.9. The molecule has 2 fully saturated rings. The van der Waals surface area contributed by atoms with E-state index in [9.17, 15) is 27.6 Å². The molecule has 0 saturated carbocycles. The van der Waals surface area contributed by atoms with Crippen LogP contribution in [0.3, 0.4) is 0 Å². The fraction of sp³-hybridized carbons (Fsp3) is 0.238. The number of thioether (sulfide) groups is 1. The van der Waals surface area contributed by atoms with E-state index in [2.05, 4.69) is 4.72 Å². The molecule has 10 nitrogen and oxygen atoms in total. The Labute approximate surface area is 193 Å². The molecule has 2 N–H and O–H groups in total. The number of hydrogen-bond acceptors (Lipinski definition) is 7. The zero-order valence-electron chi connectivity index (χ0n) is 17.1. The van der Waals surface area contributed by atoms with E-state index >= 15 is 0 Å². The van der Waals surface area contributed by atoms with E-state index < -0.39 is 21.9 Å². The summed E-state index contributed by atoms with van der Waals surface area (Å²) in [5.41, 5.74) is 1.41. The molecule has 12 heteroatoms. The van der Waals surface area contributed by atoms with Gasteiger partial charge in [-0.3, -0.25) is 28.8 Å². The SMILES string of the molecule is O=C(O)C1CC(=O)N(c2ccc(S(=O)(=O)Nc3ccc(CN4C(=O)CSC4=O)cc3)cc2)C1. The van der Waals surface area contributed by atoms with E-state index in [1.807, 2.05) is 0 Å². The molecular formula is C21H19N3O7S2. The molecule has 0 aromatic heterocycles. The molecule has 2 aliphatic rings. The number of imide groups is 1. The Morgan fingerprint density at radius 3 is 2.24 bits per heavy atom. The first-order valence-corrected chi connectivity index (χ1v) is 12.3. The summed E-state index contributed by atoms with van der Waals surface area (Å²) in [5, 5.41) is 8.79. The minimum Gasteiger partial charge on any atom is -0.481 e. The number of anilines is 2. The van der Waals surface area contributed by atoms with Crippen LogP contribution in [0.4, 0.5) is 16.2 Å². The number of carbonyl (C=O) groups excluding carboxylic acids is 3. The number of nitrogens with zero attached hydrogens (tertiary/aromatic N) is 2. The lowest BCUT2D eigenvalue weighted by molar-refractivity contribution is -0.141. The van der Waals surface area contributed by atoms with Crippen molar-refractivity contribution in [2.45, 2.75) is 17.9 Å². The van der Waals surface area contributed by atoms with Crippen LogP contribution in [0.2, 0.25) is 0 Å². The third-order valence-electron chi connectivity index (χ3n) is 5.32. The maximum Gasteiger partial charge on any atom is 0.308 e. The molecule has 172 valence electrons. The molecule has 2 saturated heterocycles. The lowest BCUT2D eigenvalue weighted by Gasteiger charge is -2.17. The predicted molar refractivity (Wildman–Crippen MR) is 120 cm³/mol. The van der Waals surface area contributed by atoms with Crippen LogP contribution in [0, 0.1) is 5.92 Å². The van der Waals surface area contributed by atoms with Crippen LogP contribution in [-0.2, 0) is 31.0 Å². The second-order valence-corrected chi connectivity index (χ2v) is 10.2. The molecule has 0 radical (unpaired) electrons. The van der Waals surface area contributed by atoms with E-state index in [1.54, 1.807) is 12.1 Å². The van der Waals surface area contributed by atoms with Crippen LogP contribution in [0.5, 0.6) is 0 Å². The van der Waals surface area contributed by atoms with Gasteiger partial charge in [0.2, 0.25) is 11.8 Å². The molecule has 4 rings (SSSR count). The van der Waals surface area contributed by atoms with Gasteiger partial charge in [-0.25, -0.2) is 8.42 Å². The Morgan fingerprint density at radius 2 is 1.70 bits per heavy atom. The van der Waals surface area contributed by atoms with Gasteiger partial charge in [0.25, 0.3) is 15.3 Å². The summed E-state index contributed by atoms with van der Waals surface area (Å²) in [6.07, 6.45) is -0.0914. The van der Waals surface area contributed by atoms with Gasteiger partial charge in [0.1, 0.15) is 0 Å². The second-order valence-electron chi connectivity index (χ2n) is 7.57. The highest BCUT2D eigenvalue weighted by Crippen LogP contribution is 2.27. The van der Waals surface area contributed by atoms with Crippen molar-refractivity contribution in [3.05, 3.63) is 54.1 Å². The summed E-state index contributed by atoms with van der Waals surface area (Å²) >= 11 is 0.950. The quantitative estimate of drug-likeness (QED) is 0.602. The van der Waals surface area contributed by atoms with Crippen LogP contribution < -0.4 is 9.62 Å². The normalized spacial score (nSPS) is 18.8. The molecule has 2 aliphatic heterocycles. The highest BCUT2D eigenvalue weighted by molar-refractivity contribution is 8.14. The van der Waals surface area contributed by atoms with Crippen molar-refractivity contribution in [3.8, 4) is 0 Å². The summed E-state index contributed by atoms with van der Waals surface area (Å²) in [5.74, 6) is -2.29. The fourth-order valence-corrected chi connectivity index (χ4v) is 5.32. The number of benzene rings is 2. The van der Waals surface area contributed by atoms with Crippen molar-refractivity contribution >= 4 is 56.2 Å². The molecule has 2 aromatic carbocycles. The highest BCUT2D eigenvalue weighted by Gasteiger charge is 2.35. The number of carbonyl (C=O) groups is 4. The van der Waals surface area contributed by atoms with Gasteiger partial charge in [0, 0.05) is 24.3 Å². The van der Waals surface area contributed by atoms with E-state index in [0.717, 1.165) is 16.7 Å². The highest BCUT2D eigenvalue weighted by atomic mass is 32.2. The van der Waals surface area contributed by atoms with Gasteiger partial charge >= 0.3 is 5.97 Å². The van der Waals surface area contributed by atoms with Crippen molar-refractivity contribution in [1.82, 2.24) is 4.90 Å². The summed E-state index contributed by atoms with van der Waals surface area (Å²) in [4.78, 5) is 49.1. The van der Waals surface area contributed by atoms with Crippen molar-refractivity contribution in [2.24, 2.45) is 5.92 Å². The number of rotatable bonds is 7. The van der Waals surface area contributed by atoms with Crippen LogP contribution in [-0.4, -0.2) is 53.7 Å². The third-order valence-corrected chi connectivity index (χ3v) is 7.58. The second kappa shape index (κ2) is 8.87. The Kier molecular flexibility index (Phi) is 6.13. The van der Waals surface area contributed by atoms with Gasteiger partial charge in [0.15, 0.2) is 0 Å². The molecular weight excluding hydrogens is 470 g/mol. The first-order valence-electron chi connectivity index (χ1n) is 9.86. The van der Waals surface area contributed by atoms with Crippen molar-refractivity contribution in [2.75, 3.05) is 21.9 Å². The molecule has 1 unspecified atom stereocenters.